The topological polar surface area (TPSA) is 49.8 Å². The van der Waals surface area contributed by atoms with Gasteiger partial charge in [0.1, 0.15) is 17.6 Å². The summed E-state index contributed by atoms with van der Waals surface area (Å²) in [5.74, 6) is 0.949. The van der Waals surface area contributed by atoms with Crippen molar-refractivity contribution in [1.82, 2.24) is 4.90 Å². The lowest BCUT2D eigenvalue weighted by Gasteiger charge is -2.16. The number of carbonyl (C=O) groups is 1. The number of para-hydroxylation sites is 1. The fraction of sp³-hybridized carbons (Fsp3) is 0.267. The van der Waals surface area contributed by atoms with Gasteiger partial charge in [0, 0.05) is 24.4 Å². The van der Waals surface area contributed by atoms with Crippen molar-refractivity contribution in [3.8, 4) is 11.5 Å². The van der Waals surface area contributed by atoms with Crippen molar-refractivity contribution in [1.29, 1.82) is 0 Å². The maximum atomic E-state index is 12.2. The van der Waals surface area contributed by atoms with Crippen LogP contribution in [0.1, 0.15) is 16.1 Å². The summed E-state index contributed by atoms with van der Waals surface area (Å²) in [6.07, 6.45) is 0.868. The minimum absolute atomic E-state index is 0.0329. The van der Waals surface area contributed by atoms with Crippen molar-refractivity contribution in [3.05, 3.63) is 46.7 Å². The van der Waals surface area contributed by atoms with E-state index in [-0.39, 0.29) is 17.8 Å². The molecule has 1 aliphatic rings. The van der Waals surface area contributed by atoms with Gasteiger partial charge in [0.15, 0.2) is 0 Å². The molecule has 2 aromatic rings. The van der Waals surface area contributed by atoms with E-state index >= 15 is 0 Å². The first kappa shape index (κ1) is 13.0. The van der Waals surface area contributed by atoms with Gasteiger partial charge in [-0.25, -0.2) is 0 Å². The van der Waals surface area contributed by atoms with E-state index in [9.17, 15) is 9.90 Å². The lowest BCUT2D eigenvalue weighted by molar-refractivity contribution is 0.0777. The molecule has 0 spiro atoms. The molecule has 0 radical (unpaired) electrons. The van der Waals surface area contributed by atoms with Crippen molar-refractivity contribution < 1.29 is 14.6 Å². The van der Waals surface area contributed by atoms with Gasteiger partial charge in [-0.05, 0) is 12.1 Å². The van der Waals surface area contributed by atoms with Gasteiger partial charge < -0.3 is 14.7 Å². The number of likely N-dealkylation sites (tertiary alicyclic amines) is 1. The van der Waals surface area contributed by atoms with Crippen LogP contribution in [0.25, 0.3) is 0 Å². The monoisotopic (exact) mass is 289 g/mol. The molecule has 5 heteroatoms. The summed E-state index contributed by atoms with van der Waals surface area (Å²) in [6.45, 7) is 1.28. The predicted molar refractivity (Wildman–Crippen MR) is 77.4 cm³/mol. The lowest BCUT2D eigenvalue weighted by Crippen LogP contribution is -2.30. The van der Waals surface area contributed by atoms with Crippen molar-refractivity contribution in [3.63, 3.8) is 0 Å². The first-order chi connectivity index (χ1) is 9.72. The first-order valence-corrected chi connectivity index (χ1v) is 7.39. The second-order valence-electron chi connectivity index (χ2n) is 4.76. The summed E-state index contributed by atoms with van der Waals surface area (Å²) in [5.41, 5.74) is 0. The molecular formula is C15H15NO3S. The molecule has 4 nitrogen and oxygen atoms in total. The van der Waals surface area contributed by atoms with E-state index in [1.54, 1.807) is 10.3 Å². The van der Waals surface area contributed by atoms with E-state index in [2.05, 4.69) is 0 Å². The Morgan fingerprint density at radius 2 is 2.15 bits per heavy atom. The van der Waals surface area contributed by atoms with Crippen LogP contribution >= 0.6 is 11.3 Å². The van der Waals surface area contributed by atoms with Gasteiger partial charge in [0.25, 0.3) is 5.91 Å². The second kappa shape index (κ2) is 5.54. The molecular weight excluding hydrogens is 274 g/mol. The van der Waals surface area contributed by atoms with Crippen LogP contribution in [0.5, 0.6) is 11.5 Å². The van der Waals surface area contributed by atoms with Gasteiger partial charge in [0.05, 0.1) is 11.4 Å². The van der Waals surface area contributed by atoms with Crippen LogP contribution in [-0.2, 0) is 0 Å². The predicted octanol–water partition coefficient (Wildman–Crippen LogP) is 2.75. The Balaban J connectivity index is 1.61. The van der Waals surface area contributed by atoms with Gasteiger partial charge >= 0.3 is 0 Å². The molecule has 1 aliphatic heterocycles. The number of benzene rings is 1. The molecule has 0 bridgehead atoms. The van der Waals surface area contributed by atoms with E-state index in [1.807, 2.05) is 30.3 Å². The Bertz CT molecular complexity index is 596. The maximum absolute atomic E-state index is 12.2. The zero-order valence-corrected chi connectivity index (χ0v) is 11.7. The second-order valence-corrected chi connectivity index (χ2v) is 5.67. The molecule has 20 heavy (non-hydrogen) atoms. The third kappa shape index (κ3) is 2.77. The third-order valence-corrected chi connectivity index (χ3v) is 4.18. The molecule has 0 saturated carbocycles. The lowest BCUT2D eigenvalue weighted by atomic mass is 10.3. The molecule has 3 rings (SSSR count). The molecule has 1 atom stereocenters. The number of thiophene rings is 1. The van der Waals surface area contributed by atoms with Crippen LogP contribution < -0.4 is 4.74 Å². The van der Waals surface area contributed by atoms with Crippen molar-refractivity contribution >= 4 is 17.2 Å². The van der Waals surface area contributed by atoms with Crippen LogP contribution in [0.3, 0.4) is 0 Å². The van der Waals surface area contributed by atoms with Crippen molar-refractivity contribution in [2.24, 2.45) is 0 Å². The normalized spacial score (nSPS) is 18.2. The highest BCUT2D eigenvalue weighted by Gasteiger charge is 2.28. The van der Waals surface area contributed by atoms with Gasteiger partial charge in [-0.15, -0.1) is 11.3 Å². The zero-order chi connectivity index (χ0) is 13.9. The smallest absolute Gasteiger partial charge is 0.264 e. The van der Waals surface area contributed by atoms with Gasteiger partial charge in [-0.2, -0.15) is 0 Å². The number of aromatic hydroxyl groups is 1. The highest BCUT2D eigenvalue weighted by molar-refractivity contribution is 7.12. The molecule has 1 fully saturated rings. The SMILES string of the molecule is O=C(c1cc(O)cs1)N1CC[C@@H](Oc2ccccc2)C1. The zero-order valence-electron chi connectivity index (χ0n) is 10.9. The fourth-order valence-corrected chi connectivity index (χ4v) is 3.03. The van der Waals surface area contributed by atoms with E-state index in [4.69, 9.17) is 4.74 Å². The fourth-order valence-electron chi connectivity index (χ4n) is 2.29. The minimum atomic E-state index is -0.0329. The minimum Gasteiger partial charge on any atom is -0.507 e. The van der Waals surface area contributed by atoms with Gasteiger partial charge in [0.2, 0.25) is 0 Å². The molecule has 0 unspecified atom stereocenters. The van der Waals surface area contributed by atoms with Crippen LogP contribution in [0.2, 0.25) is 0 Å². The Kier molecular flexibility index (Phi) is 3.60. The molecule has 1 N–H and O–H groups in total. The Morgan fingerprint density at radius 3 is 2.85 bits per heavy atom. The van der Waals surface area contributed by atoms with Crippen LogP contribution in [0, 0.1) is 0 Å². The van der Waals surface area contributed by atoms with E-state index in [0.717, 1.165) is 12.2 Å². The highest BCUT2D eigenvalue weighted by Crippen LogP contribution is 2.24. The number of carbonyl (C=O) groups excluding carboxylic acids is 1. The van der Waals surface area contributed by atoms with E-state index in [0.29, 0.717) is 18.0 Å². The highest BCUT2D eigenvalue weighted by atomic mass is 32.1. The summed E-state index contributed by atoms with van der Waals surface area (Å²) in [4.78, 5) is 14.6. The summed E-state index contributed by atoms with van der Waals surface area (Å²) in [6, 6.07) is 11.2. The van der Waals surface area contributed by atoms with E-state index < -0.39 is 0 Å². The largest absolute Gasteiger partial charge is 0.507 e. The number of hydrogen-bond donors (Lipinski definition) is 1. The van der Waals surface area contributed by atoms with Crippen molar-refractivity contribution in [2.45, 2.75) is 12.5 Å². The number of rotatable bonds is 3. The molecule has 1 amide bonds. The number of ether oxygens (including phenoxy) is 1. The molecule has 104 valence electrons. The summed E-state index contributed by atoms with van der Waals surface area (Å²) < 4.78 is 5.86. The number of amides is 1. The molecule has 1 aromatic carbocycles. The Hall–Kier alpha value is -2.01. The first-order valence-electron chi connectivity index (χ1n) is 6.51. The molecule has 0 aliphatic carbocycles. The standard InChI is InChI=1S/C15H15NO3S/c17-11-8-14(20-10-11)15(18)16-7-6-13(9-16)19-12-4-2-1-3-5-12/h1-5,8,10,13,17H,6-7,9H2/t13-/m1/s1. The van der Waals surface area contributed by atoms with E-state index in [1.165, 1.54) is 17.4 Å². The van der Waals surface area contributed by atoms with Gasteiger partial charge in [-0.3, -0.25) is 4.79 Å². The number of hydrogen-bond acceptors (Lipinski definition) is 4. The summed E-state index contributed by atoms with van der Waals surface area (Å²) >= 11 is 1.27. The molecule has 1 saturated heterocycles. The van der Waals surface area contributed by atoms with Crippen LogP contribution in [0.15, 0.2) is 41.8 Å². The summed E-state index contributed by atoms with van der Waals surface area (Å²) in [5, 5.41) is 10.9. The van der Waals surface area contributed by atoms with Crippen molar-refractivity contribution in [2.75, 3.05) is 13.1 Å². The Labute approximate surface area is 121 Å². The molecule has 2 heterocycles. The maximum Gasteiger partial charge on any atom is 0.264 e. The third-order valence-electron chi connectivity index (χ3n) is 3.27. The molecule has 1 aromatic heterocycles. The van der Waals surface area contributed by atoms with Gasteiger partial charge in [-0.1, -0.05) is 18.2 Å². The quantitative estimate of drug-likeness (QED) is 0.945. The average Bonchev–Trinajstić information content (AvgIpc) is 3.08. The summed E-state index contributed by atoms with van der Waals surface area (Å²) in [7, 11) is 0. The van der Waals surface area contributed by atoms with Crippen LogP contribution in [-0.4, -0.2) is 35.1 Å². The number of nitrogens with zero attached hydrogens (tertiary/aromatic N) is 1. The Morgan fingerprint density at radius 1 is 1.35 bits per heavy atom. The van der Waals surface area contributed by atoms with Crippen LogP contribution in [0.4, 0.5) is 0 Å². The average molecular weight is 289 g/mol.